The Hall–Kier alpha value is -2.09. The molecule has 1 heterocycles. The number of piperazine rings is 1. The van der Waals surface area contributed by atoms with Crippen molar-refractivity contribution < 1.29 is 17.9 Å². The Morgan fingerprint density at radius 1 is 1.00 bits per heavy atom. The smallest absolute Gasteiger partial charge is 0.257 e. The number of halogens is 1. The second kappa shape index (κ2) is 8.34. The lowest BCUT2D eigenvalue weighted by molar-refractivity contribution is 0.0694. The number of methoxy groups -OCH3 is 1. The van der Waals surface area contributed by atoms with E-state index in [1.54, 1.807) is 23.1 Å². The van der Waals surface area contributed by atoms with Gasteiger partial charge in [-0.25, -0.2) is 8.42 Å². The topological polar surface area (TPSA) is 66.9 Å². The van der Waals surface area contributed by atoms with Crippen molar-refractivity contribution in [3.63, 3.8) is 0 Å². The lowest BCUT2D eigenvalue weighted by Crippen LogP contribution is -2.50. The van der Waals surface area contributed by atoms with Crippen LogP contribution < -0.4 is 4.74 Å². The predicted molar refractivity (Wildman–Crippen MR) is 113 cm³/mol. The van der Waals surface area contributed by atoms with Crippen molar-refractivity contribution in [1.29, 1.82) is 0 Å². The van der Waals surface area contributed by atoms with E-state index in [0.717, 1.165) is 16.7 Å². The minimum atomic E-state index is -3.62. The maximum absolute atomic E-state index is 13.2. The van der Waals surface area contributed by atoms with Gasteiger partial charge in [-0.3, -0.25) is 4.79 Å². The number of amides is 1. The van der Waals surface area contributed by atoms with Crippen LogP contribution in [0.1, 0.15) is 27.0 Å². The van der Waals surface area contributed by atoms with Crippen LogP contribution in [0.2, 0.25) is 5.02 Å². The summed E-state index contributed by atoms with van der Waals surface area (Å²) in [4.78, 5) is 14.9. The fraction of sp³-hybridized carbons (Fsp3) is 0.381. The van der Waals surface area contributed by atoms with E-state index in [-0.39, 0.29) is 19.0 Å². The summed E-state index contributed by atoms with van der Waals surface area (Å²) in [6, 6.07) is 8.65. The average Bonchev–Trinajstić information content (AvgIpc) is 2.66. The van der Waals surface area contributed by atoms with Gasteiger partial charge in [0.25, 0.3) is 5.91 Å². The molecule has 1 aliphatic heterocycles. The summed E-state index contributed by atoms with van der Waals surface area (Å²) in [5.41, 5.74) is 2.89. The van der Waals surface area contributed by atoms with Crippen molar-refractivity contribution in [2.24, 2.45) is 0 Å². The molecule has 0 aromatic heterocycles. The molecule has 0 unspecified atom stereocenters. The fourth-order valence-electron chi connectivity index (χ4n) is 3.85. The van der Waals surface area contributed by atoms with Crippen LogP contribution in [0.25, 0.3) is 0 Å². The molecule has 0 spiro atoms. The molecule has 8 heteroatoms. The third kappa shape index (κ3) is 4.27. The van der Waals surface area contributed by atoms with Crippen LogP contribution in [0.3, 0.4) is 0 Å². The van der Waals surface area contributed by atoms with E-state index in [0.29, 0.717) is 34.3 Å². The fourth-order valence-corrected chi connectivity index (χ4v) is 5.86. The standard InChI is InChI=1S/C21H25ClN2O4S/c1-14-11-15(2)20(16(3)12-14)29(26,27)24-9-7-23(8-10-24)21(25)18-13-17(22)5-6-19(18)28-4/h5-6,11-13H,7-10H2,1-4H3. The molecule has 2 aromatic rings. The monoisotopic (exact) mass is 436 g/mol. The molecule has 0 radical (unpaired) electrons. The van der Waals surface area contributed by atoms with E-state index in [2.05, 4.69) is 0 Å². The summed E-state index contributed by atoms with van der Waals surface area (Å²) in [6.45, 7) is 6.67. The molecule has 29 heavy (non-hydrogen) atoms. The predicted octanol–water partition coefficient (Wildman–Crippen LogP) is 3.42. The van der Waals surface area contributed by atoms with Gasteiger partial charge in [0.1, 0.15) is 5.75 Å². The minimum Gasteiger partial charge on any atom is -0.496 e. The first-order valence-corrected chi connectivity index (χ1v) is 11.2. The van der Waals surface area contributed by atoms with Crippen LogP contribution >= 0.6 is 11.6 Å². The number of carbonyl (C=O) groups excluding carboxylic acids is 1. The van der Waals surface area contributed by atoms with Gasteiger partial charge in [-0.05, 0) is 50.1 Å². The van der Waals surface area contributed by atoms with Gasteiger partial charge in [-0.2, -0.15) is 4.31 Å². The summed E-state index contributed by atoms with van der Waals surface area (Å²) in [5.74, 6) is 0.226. The van der Waals surface area contributed by atoms with Crippen LogP contribution in [0.15, 0.2) is 35.2 Å². The highest BCUT2D eigenvalue weighted by Gasteiger charge is 2.33. The Labute approximate surface area is 177 Å². The van der Waals surface area contributed by atoms with E-state index in [1.807, 2.05) is 32.9 Å². The molecule has 1 aliphatic rings. The Balaban J connectivity index is 1.79. The van der Waals surface area contributed by atoms with Gasteiger partial charge < -0.3 is 9.64 Å². The molecule has 0 aliphatic carbocycles. The molecule has 6 nitrogen and oxygen atoms in total. The molecular weight excluding hydrogens is 412 g/mol. The van der Waals surface area contributed by atoms with Gasteiger partial charge in [-0.15, -0.1) is 0 Å². The highest BCUT2D eigenvalue weighted by atomic mass is 35.5. The number of nitrogens with zero attached hydrogens (tertiary/aromatic N) is 2. The summed E-state index contributed by atoms with van der Waals surface area (Å²) in [5, 5.41) is 0.445. The number of rotatable bonds is 4. The van der Waals surface area contributed by atoms with Crippen LogP contribution in [0.4, 0.5) is 0 Å². The molecule has 1 fully saturated rings. The SMILES string of the molecule is COc1ccc(Cl)cc1C(=O)N1CCN(S(=O)(=O)c2c(C)cc(C)cc2C)CC1. The summed E-state index contributed by atoms with van der Waals surface area (Å²) < 4.78 is 33.2. The lowest BCUT2D eigenvalue weighted by atomic mass is 10.1. The Morgan fingerprint density at radius 3 is 2.14 bits per heavy atom. The quantitative estimate of drug-likeness (QED) is 0.736. The van der Waals surface area contributed by atoms with Crippen molar-refractivity contribution in [3.8, 4) is 5.75 Å². The number of hydrogen-bond donors (Lipinski definition) is 0. The number of benzene rings is 2. The first-order valence-electron chi connectivity index (χ1n) is 9.36. The zero-order valence-electron chi connectivity index (χ0n) is 17.0. The number of ether oxygens (including phenoxy) is 1. The molecule has 3 rings (SSSR count). The molecule has 1 saturated heterocycles. The van der Waals surface area contributed by atoms with Gasteiger partial charge in [0.05, 0.1) is 17.6 Å². The second-order valence-electron chi connectivity index (χ2n) is 7.27. The highest BCUT2D eigenvalue weighted by Crippen LogP contribution is 2.28. The number of hydrogen-bond acceptors (Lipinski definition) is 4. The Bertz CT molecular complexity index is 1020. The Kier molecular flexibility index (Phi) is 6.22. The van der Waals surface area contributed by atoms with Crippen LogP contribution in [0, 0.1) is 20.8 Å². The van der Waals surface area contributed by atoms with Crippen LogP contribution in [-0.4, -0.2) is 56.8 Å². The summed E-state index contributed by atoms with van der Waals surface area (Å²) in [7, 11) is -2.13. The maximum Gasteiger partial charge on any atom is 0.257 e. The number of aryl methyl sites for hydroxylation is 3. The zero-order valence-corrected chi connectivity index (χ0v) is 18.6. The maximum atomic E-state index is 13.2. The molecule has 0 saturated carbocycles. The number of carbonyl (C=O) groups is 1. The van der Waals surface area contributed by atoms with Crippen LogP contribution in [0.5, 0.6) is 5.75 Å². The summed E-state index contributed by atoms with van der Waals surface area (Å²) >= 11 is 6.03. The van der Waals surface area contributed by atoms with Gasteiger partial charge in [0, 0.05) is 31.2 Å². The van der Waals surface area contributed by atoms with E-state index in [4.69, 9.17) is 16.3 Å². The van der Waals surface area contributed by atoms with E-state index in [9.17, 15) is 13.2 Å². The third-order valence-corrected chi connectivity index (χ3v) is 7.56. The molecule has 0 N–H and O–H groups in total. The first-order chi connectivity index (χ1) is 13.6. The summed E-state index contributed by atoms with van der Waals surface area (Å²) in [6.07, 6.45) is 0. The second-order valence-corrected chi connectivity index (χ2v) is 9.58. The van der Waals surface area contributed by atoms with Crippen LogP contribution in [-0.2, 0) is 10.0 Å². The van der Waals surface area contributed by atoms with Crippen molar-refractivity contribution in [2.75, 3.05) is 33.3 Å². The van der Waals surface area contributed by atoms with E-state index in [1.165, 1.54) is 11.4 Å². The lowest BCUT2D eigenvalue weighted by Gasteiger charge is -2.34. The zero-order chi connectivity index (χ0) is 21.3. The molecular formula is C21H25ClN2O4S. The van der Waals surface area contributed by atoms with Crippen molar-refractivity contribution >= 4 is 27.5 Å². The van der Waals surface area contributed by atoms with Crippen molar-refractivity contribution in [3.05, 3.63) is 57.6 Å². The average molecular weight is 437 g/mol. The highest BCUT2D eigenvalue weighted by molar-refractivity contribution is 7.89. The normalized spacial score (nSPS) is 15.4. The van der Waals surface area contributed by atoms with E-state index < -0.39 is 10.0 Å². The van der Waals surface area contributed by atoms with E-state index >= 15 is 0 Å². The van der Waals surface area contributed by atoms with Crippen molar-refractivity contribution in [1.82, 2.24) is 9.21 Å². The van der Waals surface area contributed by atoms with Crippen molar-refractivity contribution in [2.45, 2.75) is 25.7 Å². The Morgan fingerprint density at radius 2 is 1.59 bits per heavy atom. The molecule has 156 valence electrons. The third-order valence-electron chi connectivity index (χ3n) is 5.12. The molecule has 0 bridgehead atoms. The van der Waals surface area contributed by atoms with Gasteiger partial charge in [-0.1, -0.05) is 29.3 Å². The van der Waals surface area contributed by atoms with Gasteiger partial charge in [0.15, 0.2) is 0 Å². The molecule has 1 amide bonds. The molecule has 2 aromatic carbocycles. The molecule has 0 atom stereocenters. The number of sulfonamides is 1. The van der Waals surface area contributed by atoms with Gasteiger partial charge in [0.2, 0.25) is 10.0 Å². The van der Waals surface area contributed by atoms with Gasteiger partial charge >= 0.3 is 0 Å². The minimum absolute atomic E-state index is 0.218. The largest absolute Gasteiger partial charge is 0.496 e. The first kappa shape index (κ1) is 21.6.